The highest BCUT2D eigenvalue weighted by Crippen LogP contribution is 2.27. The topological polar surface area (TPSA) is 31.4 Å². The first-order valence-corrected chi connectivity index (χ1v) is 5.72. The van der Waals surface area contributed by atoms with E-state index in [1.54, 1.807) is 0 Å². The highest BCUT2D eigenvalue weighted by atomic mass is 19.4. The molecule has 18 heavy (non-hydrogen) atoms. The molecule has 0 saturated heterocycles. The summed E-state index contributed by atoms with van der Waals surface area (Å²) in [6.45, 7) is 4.63. The Labute approximate surface area is 104 Å². The molecule has 0 aliphatic rings. The number of aromatic nitrogens is 1. The third kappa shape index (κ3) is 4.62. The maximum absolute atomic E-state index is 12.3. The van der Waals surface area contributed by atoms with Gasteiger partial charge in [-0.2, -0.15) is 13.2 Å². The van der Waals surface area contributed by atoms with Crippen LogP contribution < -0.4 is 0 Å². The van der Waals surface area contributed by atoms with Gasteiger partial charge in [-0.25, -0.2) is 0 Å². The van der Waals surface area contributed by atoms with Crippen molar-refractivity contribution < 1.29 is 22.6 Å². The van der Waals surface area contributed by atoms with Crippen LogP contribution in [0.25, 0.3) is 0 Å². The van der Waals surface area contributed by atoms with Crippen molar-refractivity contribution in [2.45, 2.75) is 32.7 Å². The summed E-state index contributed by atoms with van der Waals surface area (Å²) in [5, 5.41) is 0. The predicted octanol–water partition coefficient (Wildman–Crippen LogP) is 3.04. The molecule has 0 amide bonds. The monoisotopic (exact) mass is 263 g/mol. The quantitative estimate of drug-likeness (QED) is 0.739. The number of rotatable bonds is 6. The lowest BCUT2D eigenvalue weighted by molar-refractivity contribution is -0.141. The van der Waals surface area contributed by atoms with Crippen molar-refractivity contribution in [2.75, 3.05) is 13.2 Å². The van der Waals surface area contributed by atoms with Crippen molar-refractivity contribution >= 4 is 0 Å². The lowest BCUT2D eigenvalue weighted by Crippen LogP contribution is -2.20. The first-order valence-electron chi connectivity index (χ1n) is 5.72. The van der Waals surface area contributed by atoms with Crippen LogP contribution >= 0.6 is 0 Å². The van der Waals surface area contributed by atoms with E-state index >= 15 is 0 Å². The minimum atomic E-state index is -4.40. The molecule has 0 aliphatic carbocycles. The lowest BCUT2D eigenvalue weighted by Gasteiger charge is -2.16. The average Bonchev–Trinajstić information content (AvgIpc) is 2.29. The molecule has 0 aliphatic heterocycles. The Kier molecular flexibility index (Phi) is 5.55. The zero-order valence-corrected chi connectivity index (χ0v) is 10.3. The molecule has 1 rings (SSSR count). The van der Waals surface area contributed by atoms with Crippen LogP contribution in [0.2, 0.25) is 0 Å². The second kappa shape index (κ2) is 6.70. The summed E-state index contributed by atoms with van der Waals surface area (Å²) in [6.07, 6.45) is -3.27. The standard InChI is InChI=1S/C12H16F3NO2/c1-3-17-11(18-4-2)7-9-5-6-10(16-8-9)12(13,14)15/h5-6,8,11H,3-4,7H2,1-2H3. The van der Waals surface area contributed by atoms with E-state index in [-0.39, 0.29) is 0 Å². The number of pyridine rings is 1. The van der Waals surface area contributed by atoms with Gasteiger partial charge in [0.15, 0.2) is 6.29 Å². The third-order valence-electron chi connectivity index (χ3n) is 2.22. The van der Waals surface area contributed by atoms with E-state index in [0.29, 0.717) is 25.2 Å². The van der Waals surface area contributed by atoms with Crippen LogP contribution in [0.5, 0.6) is 0 Å². The van der Waals surface area contributed by atoms with E-state index in [2.05, 4.69) is 4.98 Å². The van der Waals surface area contributed by atoms with E-state index < -0.39 is 18.2 Å². The number of alkyl halides is 3. The average molecular weight is 263 g/mol. The molecule has 0 unspecified atom stereocenters. The molecule has 3 nitrogen and oxygen atoms in total. The highest BCUT2D eigenvalue weighted by molar-refractivity contribution is 5.16. The maximum Gasteiger partial charge on any atom is 0.433 e. The van der Waals surface area contributed by atoms with Crippen LogP contribution in [-0.2, 0) is 22.1 Å². The lowest BCUT2D eigenvalue weighted by atomic mass is 10.2. The van der Waals surface area contributed by atoms with Crippen molar-refractivity contribution in [3.05, 3.63) is 29.6 Å². The SMILES string of the molecule is CCOC(Cc1ccc(C(F)(F)F)nc1)OCC. The van der Waals surface area contributed by atoms with E-state index in [1.807, 2.05) is 13.8 Å². The Bertz CT molecular complexity index is 345. The van der Waals surface area contributed by atoms with Gasteiger partial charge < -0.3 is 9.47 Å². The molecule has 102 valence electrons. The highest BCUT2D eigenvalue weighted by Gasteiger charge is 2.32. The van der Waals surface area contributed by atoms with Gasteiger partial charge >= 0.3 is 6.18 Å². The van der Waals surface area contributed by atoms with Crippen molar-refractivity contribution in [2.24, 2.45) is 0 Å². The Morgan fingerprint density at radius 1 is 1.17 bits per heavy atom. The number of nitrogens with zero attached hydrogens (tertiary/aromatic N) is 1. The van der Waals surface area contributed by atoms with Crippen LogP contribution in [0.1, 0.15) is 25.1 Å². The first kappa shape index (κ1) is 14.9. The Balaban J connectivity index is 2.67. The zero-order chi connectivity index (χ0) is 13.6. The molecule has 0 atom stereocenters. The summed E-state index contributed by atoms with van der Waals surface area (Å²) in [5.74, 6) is 0. The first-order chi connectivity index (χ1) is 8.47. The summed E-state index contributed by atoms with van der Waals surface area (Å²) in [5.41, 5.74) is -0.245. The van der Waals surface area contributed by atoms with Gasteiger partial charge in [0.25, 0.3) is 0 Å². The van der Waals surface area contributed by atoms with Crippen molar-refractivity contribution in [3.8, 4) is 0 Å². The molecular formula is C12H16F3NO2. The van der Waals surface area contributed by atoms with E-state index in [1.165, 1.54) is 12.3 Å². The number of hydrogen-bond donors (Lipinski definition) is 0. The van der Waals surface area contributed by atoms with Crippen LogP contribution in [0.4, 0.5) is 13.2 Å². The summed E-state index contributed by atoms with van der Waals surface area (Å²) >= 11 is 0. The molecule has 6 heteroatoms. The van der Waals surface area contributed by atoms with Gasteiger partial charge in [-0.3, -0.25) is 4.98 Å². The third-order valence-corrected chi connectivity index (χ3v) is 2.22. The van der Waals surface area contributed by atoms with E-state index in [9.17, 15) is 13.2 Å². The fraction of sp³-hybridized carbons (Fsp3) is 0.583. The van der Waals surface area contributed by atoms with Gasteiger partial charge in [-0.15, -0.1) is 0 Å². The van der Waals surface area contributed by atoms with Crippen LogP contribution in [0, 0.1) is 0 Å². The number of halogens is 3. The van der Waals surface area contributed by atoms with Crippen LogP contribution in [0.15, 0.2) is 18.3 Å². The molecule has 0 radical (unpaired) electrons. The Morgan fingerprint density at radius 3 is 2.17 bits per heavy atom. The molecule has 0 aromatic carbocycles. The second-order valence-electron chi connectivity index (χ2n) is 3.59. The molecule has 0 N–H and O–H groups in total. The van der Waals surface area contributed by atoms with E-state index in [0.717, 1.165) is 6.07 Å². The van der Waals surface area contributed by atoms with Gasteiger partial charge in [0, 0.05) is 25.8 Å². The zero-order valence-electron chi connectivity index (χ0n) is 10.3. The minimum absolute atomic E-state index is 0.382. The fourth-order valence-corrected chi connectivity index (χ4v) is 1.44. The van der Waals surface area contributed by atoms with Crippen molar-refractivity contribution in [1.82, 2.24) is 4.98 Å². The van der Waals surface area contributed by atoms with Gasteiger partial charge in [0.1, 0.15) is 5.69 Å². The maximum atomic E-state index is 12.3. The molecule has 1 aromatic heterocycles. The number of ether oxygens (including phenoxy) is 2. The molecule has 0 fully saturated rings. The normalized spacial score (nSPS) is 12.1. The largest absolute Gasteiger partial charge is 0.433 e. The van der Waals surface area contributed by atoms with Crippen molar-refractivity contribution in [1.29, 1.82) is 0 Å². The van der Waals surface area contributed by atoms with Gasteiger partial charge in [0.2, 0.25) is 0 Å². The van der Waals surface area contributed by atoms with Crippen molar-refractivity contribution in [3.63, 3.8) is 0 Å². The molecule has 0 spiro atoms. The molecular weight excluding hydrogens is 247 g/mol. The summed E-state index contributed by atoms with van der Waals surface area (Å²) in [6, 6.07) is 2.35. The predicted molar refractivity (Wildman–Crippen MR) is 60.0 cm³/mol. The van der Waals surface area contributed by atoms with Gasteiger partial charge in [-0.05, 0) is 25.5 Å². The summed E-state index contributed by atoms with van der Waals surface area (Å²) in [4.78, 5) is 3.39. The molecule has 0 bridgehead atoms. The van der Waals surface area contributed by atoms with Crippen LogP contribution in [0.3, 0.4) is 0 Å². The minimum Gasteiger partial charge on any atom is -0.353 e. The summed E-state index contributed by atoms with van der Waals surface area (Å²) in [7, 11) is 0. The van der Waals surface area contributed by atoms with E-state index in [4.69, 9.17) is 9.47 Å². The Morgan fingerprint density at radius 2 is 1.78 bits per heavy atom. The Hall–Kier alpha value is -1.14. The second-order valence-corrected chi connectivity index (χ2v) is 3.59. The number of hydrogen-bond acceptors (Lipinski definition) is 3. The van der Waals surface area contributed by atoms with Crippen LogP contribution in [-0.4, -0.2) is 24.5 Å². The van der Waals surface area contributed by atoms with Gasteiger partial charge in [0.05, 0.1) is 0 Å². The fourth-order valence-electron chi connectivity index (χ4n) is 1.44. The van der Waals surface area contributed by atoms with Gasteiger partial charge in [-0.1, -0.05) is 6.07 Å². The summed E-state index contributed by atoms with van der Waals surface area (Å²) < 4.78 is 47.6. The molecule has 1 heterocycles. The smallest absolute Gasteiger partial charge is 0.353 e. The molecule has 1 aromatic rings. The molecule has 0 saturated carbocycles.